The summed E-state index contributed by atoms with van der Waals surface area (Å²) in [6.07, 6.45) is 0. The summed E-state index contributed by atoms with van der Waals surface area (Å²) < 4.78 is 0. The van der Waals surface area contributed by atoms with E-state index in [9.17, 15) is 0 Å². The van der Waals surface area contributed by atoms with Crippen molar-refractivity contribution in [3.05, 3.63) is 47.5 Å². The Kier molecular flexibility index (Phi) is 4.53. The number of alkyl halides is 2. The normalized spacial score (nSPS) is 14.7. The van der Waals surface area contributed by atoms with Crippen molar-refractivity contribution in [3.63, 3.8) is 0 Å². The van der Waals surface area contributed by atoms with E-state index in [-0.39, 0.29) is 0 Å². The van der Waals surface area contributed by atoms with Crippen molar-refractivity contribution in [1.82, 2.24) is 0 Å². The molecule has 2 atom stereocenters. The monoisotopic (exact) mass is 280 g/mol. The molecule has 0 aliphatic carbocycles. The third-order valence-electron chi connectivity index (χ3n) is 3.49. The van der Waals surface area contributed by atoms with Crippen molar-refractivity contribution in [1.29, 1.82) is 0 Å². The van der Waals surface area contributed by atoms with Crippen LogP contribution in [0, 0.1) is 0 Å². The molecule has 0 nitrogen and oxygen atoms in total. The molecule has 0 aromatic heterocycles. The van der Waals surface area contributed by atoms with Crippen LogP contribution in [-0.4, -0.2) is 11.8 Å². The van der Waals surface area contributed by atoms with Crippen molar-refractivity contribution in [2.45, 2.75) is 25.7 Å². The molecule has 0 saturated heterocycles. The van der Waals surface area contributed by atoms with Gasteiger partial charge in [0.1, 0.15) is 0 Å². The molecular formula is C16H18Cl2. The number of rotatable bonds is 4. The minimum Gasteiger partial charge on any atom is -0.126 e. The Labute approximate surface area is 119 Å². The lowest BCUT2D eigenvalue weighted by molar-refractivity contribution is 0.874. The standard InChI is InChI=1S/C16H18Cl2/c1-11(9-17)13-3-5-16-8-14(12(2)10-18)4-6-15(16)7-13/h3-8,11-12H,9-10H2,1-2H3. The molecule has 0 aliphatic rings. The van der Waals surface area contributed by atoms with Crippen LogP contribution in [0.25, 0.3) is 10.8 Å². The average molecular weight is 281 g/mol. The molecule has 2 aromatic carbocycles. The first-order valence-electron chi connectivity index (χ1n) is 6.31. The van der Waals surface area contributed by atoms with Crippen LogP contribution in [0.4, 0.5) is 0 Å². The topological polar surface area (TPSA) is 0 Å². The predicted molar refractivity (Wildman–Crippen MR) is 82.2 cm³/mol. The van der Waals surface area contributed by atoms with Crippen LogP contribution < -0.4 is 0 Å². The Morgan fingerprint density at radius 3 is 1.50 bits per heavy atom. The van der Waals surface area contributed by atoms with Gasteiger partial charge >= 0.3 is 0 Å². The molecule has 0 aliphatic heterocycles. The summed E-state index contributed by atoms with van der Waals surface area (Å²) in [4.78, 5) is 0. The summed E-state index contributed by atoms with van der Waals surface area (Å²) in [5.74, 6) is 2.12. The van der Waals surface area contributed by atoms with Gasteiger partial charge in [-0.15, -0.1) is 23.2 Å². The van der Waals surface area contributed by atoms with Crippen molar-refractivity contribution in [2.75, 3.05) is 11.8 Å². The lowest BCUT2D eigenvalue weighted by atomic mass is 9.95. The first-order valence-corrected chi connectivity index (χ1v) is 7.38. The van der Waals surface area contributed by atoms with Gasteiger partial charge in [-0.25, -0.2) is 0 Å². The van der Waals surface area contributed by atoms with Gasteiger partial charge in [-0.2, -0.15) is 0 Å². The van der Waals surface area contributed by atoms with Crippen molar-refractivity contribution >= 4 is 34.0 Å². The zero-order chi connectivity index (χ0) is 13.1. The van der Waals surface area contributed by atoms with Crippen molar-refractivity contribution in [3.8, 4) is 0 Å². The van der Waals surface area contributed by atoms with E-state index >= 15 is 0 Å². The van der Waals surface area contributed by atoms with Gasteiger partial charge in [-0.3, -0.25) is 0 Å². The smallest absolute Gasteiger partial charge is 0.0289 e. The fraction of sp³-hybridized carbons (Fsp3) is 0.375. The summed E-state index contributed by atoms with van der Waals surface area (Å²) in [7, 11) is 0. The van der Waals surface area contributed by atoms with E-state index in [2.05, 4.69) is 50.2 Å². The summed E-state index contributed by atoms with van der Waals surface area (Å²) in [6.45, 7) is 4.30. The Bertz CT molecular complexity index is 484. The summed E-state index contributed by atoms with van der Waals surface area (Å²) in [6, 6.07) is 13.2. The highest BCUT2D eigenvalue weighted by Crippen LogP contribution is 2.26. The van der Waals surface area contributed by atoms with E-state index in [1.807, 2.05) is 0 Å². The van der Waals surface area contributed by atoms with Gasteiger partial charge in [0, 0.05) is 11.8 Å². The van der Waals surface area contributed by atoms with Crippen LogP contribution >= 0.6 is 23.2 Å². The van der Waals surface area contributed by atoms with Crippen molar-refractivity contribution < 1.29 is 0 Å². The number of hydrogen-bond donors (Lipinski definition) is 0. The second-order valence-corrected chi connectivity index (χ2v) is 5.59. The van der Waals surface area contributed by atoms with E-state index < -0.39 is 0 Å². The van der Waals surface area contributed by atoms with Gasteiger partial charge in [-0.05, 0) is 33.7 Å². The van der Waals surface area contributed by atoms with Crippen LogP contribution in [0.3, 0.4) is 0 Å². The van der Waals surface area contributed by atoms with Crippen LogP contribution in [0.5, 0.6) is 0 Å². The second-order valence-electron chi connectivity index (χ2n) is 4.98. The van der Waals surface area contributed by atoms with E-state index in [0.29, 0.717) is 23.6 Å². The summed E-state index contributed by atoms with van der Waals surface area (Å²) in [5, 5.41) is 2.55. The maximum absolute atomic E-state index is 5.91. The molecule has 0 radical (unpaired) electrons. The fourth-order valence-electron chi connectivity index (χ4n) is 2.07. The van der Waals surface area contributed by atoms with Gasteiger partial charge < -0.3 is 0 Å². The number of fused-ring (bicyclic) bond motifs is 1. The van der Waals surface area contributed by atoms with Crippen LogP contribution in [-0.2, 0) is 0 Å². The first-order chi connectivity index (χ1) is 8.65. The largest absolute Gasteiger partial charge is 0.126 e. The zero-order valence-electron chi connectivity index (χ0n) is 10.8. The average Bonchev–Trinajstić information content (AvgIpc) is 2.44. The minimum absolute atomic E-state index is 0.400. The van der Waals surface area contributed by atoms with Gasteiger partial charge in [-0.1, -0.05) is 50.2 Å². The van der Waals surface area contributed by atoms with Crippen molar-refractivity contribution in [2.24, 2.45) is 0 Å². The molecule has 2 heteroatoms. The maximum Gasteiger partial charge on any atom is 0.0289 e. The molecule has 2 rings (SSSR count). The highest BCUT2D eigenvalue weighted by atomic mass is 35.5. The Morgan fingerprint density at radius 1 is 0.778 bits per heavy atom. The molecular weight excluding hydrogens is 263 g/mol. The molecule has 0 N–H and O–H groups in total. The molecule has 0 spiro atoms. The SMILES string of the molecule is CC(CCl)c1ccc2cc(C(C)CCl)ccc2c1. The van der Waals surface area contributed by atoms with Gasteiger partial charge in [0.25, 0.3) is 0 Å². The maximum atomic E-state index is 5.91. The Morgan fingerprint density at radius 2 is 1.17 bits per heavy atom. The van der Waals surface area contributed by atoms with Crippen LogP contribution in [0.2, 0.25) is 0 Å². The first kappa shape index (κ1) is 13.7. The molecule has 0 bridgehead atoms. The second kappa shape index (κ2) is 5.95. The highest BCUT2D eigenvalue weighted by Gasteiger charge is 2.07. The molecule has 0 amide bonds. The van der Waals surface area contributed by atoms with E-state index in [1.54, 1.807) is 0 Å². The van der Waals surface area contributed by atoms with Crippen LogP contribution in [0.15, 0.2) is 36.4 Å². The van der Waals surface area contributed by atoms with Crippen LogP contribution in [0.1, 0.15) is 36.8 Å². The lowest BCUT2D eigenvalue weighted by Crippen LogP contribution is -1.96. The minimum atomic E-state index is 0.400. The molecule has 18 heavy (non-hydrogen) atoms. The molecule has 0 heterocycles. The number of halogens is 2. The van der Waals surface area contributed by atoms with Gasteiger partial charge in [0.15, 0.2) is 0 Å². The summed E-state index contributed by atoms with van der Waals surface area (Å²) >= 11 is 11.8. The Hall–Kier alpha value is -0.720. The molecule has 2 unspecified atom stereocenters. The predicted octanol–water partition coefficient (Wildman–Crippen LogP) is 5.52. The van der Waals surface area contributed by atoms with Gasteiger partial charge in [0.05, 0.1) is 0 Å². The fourth-order valence-corrected chi connectivity index (χ4v) is 2.43. The number of hydrogen-bond acceptors (Lipinski definition) is 0. The molecule has 2 aromatic rings. The summed E-state index contributed by atoms with van der Waals surface area (Å²) in [5.41, 5.74) is 2.60. The molecule has 96 valence electrons. The lowest BCUT2D eigenvalue weighted by Gasteiger charge is -2.12. The molecule has 0 fully saturated rings. The highest BCUT2D eigenvalue weighted by molar-refractivity contribution is 6.18. The number of benzene rings is 2. The quantitative estimate of drug-likeness (QED) is 0.647. The Balaban J connectivity index is 2.42. The molecule has 0 saturated carbocycles. The zero-order valence-corrected chi connectivity index (χ0v) is 12.3. The third kappa shape index (κ3) is 2.81. The third-order valence-corrected chi connectivity index (χ3v) is 4.42. The van der Waals surface area contributed by atoms with Gasteiger partial charge in [0.2, 0.25) is 0 Å². The van der Waals surface area contributed by atoms with E-state index in [4.69, 9.17) is 23.2 Å². The van der Waals surface area contributed by atoms with E-state index in [1.165, 1.54) is 21.9 Å². The van der Waals surface area contributed by atoms with E-state index in [0.717, 1.165) is 0 Å².